The van der Waals surface area contributed by atoms with Gasteiger partial charge in [0, 0.05) is 53.3 Å². The summed E-state index contributed by atoms with van der Waals surface area (Å²) >= 11 is 1.56. The molecule has 18 heavy (non-hydrogen) atoms. The Hall–Kier alpha value is -1.79. The third kappa shape index (κ3) is 1.61. The van der Waals surface area contributed by atoms with Crippen LogP contribution in [0.1, 0.15) is 11.3 Å². The Morgan fingerprint density at radius 1 is 1.39 bits per heavy atom. The van der Waals surface area contributed by atoms with Gasteiger partial charge in [-0.05, 0) is 12.1 Å². The van der Waals surface area contributed by atoms with Crippen molar-refractivity contribution in [3.63, 3.8) is 0 Å². The van der Waals surface area contributed by atoms with Crippen LogP contribution in [-0.4, -0.2) is 14.2 Å². The van der Waals surface area contributed by atoms with E-state index in [4.69, 9.17) is 4.42 Å². The average molecular weight is 258 g/mol. The lowest BCUT2D eigenvalue weighted by Crippen LogP contribution is -2.03. The molecule has 4 rings (SSSR count). The van der Waals surface area contributed by atoms with Gasteiger partial charge in [0.1, 0.15) is 0 Å². The first-order valence-corrected chi connectivity index (χ1v) is 6.45. The Morgan fingerprint density at radius 3 is 3.33 bits per heavy atom. The van der Waals surface area contributed by atoms with E-state index < -0.39 is 0 Å². The molecule has 3 aromatic rings. The number of aromatic nitrogens is 3. The minimum Gasteiger partial charge on any atom is -0.446 e. The Bertz CT molecular complexity index is 696. The molecule has 1 aliphatic rings. The van der Waals surface area contributed by atoms with Crippen LogP contribution in [0.5, 0.6) is 0 Å². The van der Waals surface area contributed by atoms with E-state index in [9.17, 15) is 0 Å². The molecule has 5 nitrogen and oxygen atoms in total. The highest BCUT2D eigenvalue weighted by molar-refractivity contribution is 7.97. The summed E-state index contributed by atoms with van der Waals surface area (Å²) in [5, 5.41) is 8.80. The van der Waals surface area contributed by atoms with Crippen LogP contribution in [-0.2, 0) is 13.1 Å². The molecule has 0 fully saturated rings. The normalized spacial score (nSPS) is 14.2. The van der Waals surface area contributed by atoms with Crippen molar-refractivity contribution in [3.05, 3.63) is 42.0 Å². The van der Waals surface area contributed by atoms with Gasteiger partial charge in [-0.1, -0.05) is 0 Å². The van der Waals surface area contributed by atoms with Gasteiger partial charge in [-0.25, -0.2) is 9.07 Å². The molecule has 0 spiro atoms. The molecule has 0 bridgehead atoms. The second kappa shape index (κ2) is 3.86. The molecule has 0 amide bonds. The number of rotatable bonds is 2. The number of nitrogens with zero attached hydrogens (tertiary/aromatic N) is 3. The van der Waals surface area contributed by atoms with Crippen molar-refractivity contribution < 1.29 is 4.42 Å². The van der Waals surface area contributed by atoms with Crippen molar-refractivity contribution in [1.29, 1.82) is 0 Å². The van der Waals surface area contributed by atoms with Gasteiger partial charge in [-0.3, -0.25) is 0 Å². The molecule has 90 valence electrons. The fraction of sp³-hybridized carbons (Fsp3) is 0.167. The molecule has 0 saturated carbocycles. The smallest absolute Gasteiger partial charge is 0.225 e. The zero-order chi connectivity index (χ0) is 11.9. The monoisotopic (exact) mass is 258 g/mol. The maximum Gasteiger partial charge on any atom is 0.225 e. The van der Waals surface area contributed by atoms with E-state index >= 15 is 0 Å². The summed E-state index contributed by atoms with van der Waals surface area (Å²) in [6, 6.07) is 3.97. The molecule has 0 saturated heterocycles. The summed E-state index contributed by atoms with van der Waals surface area (Å²) in [6.07, 6.45) is 5.53. The molecule has 0 aromatic carbocycles. The maximum absolute atomic E-state index is 5.22. The van der Waals surface area contributed by atoms with E-state index in [1.807, 2.05) is 16.4 Å². The minimum atomic E-state index is 0.673. The lowest BCUT2D eigenvalue weighted by atomic mass is 10.3. The maximum atomic E-state index is 5.22. The fourth-order valence-corrected chi connectivity index (χ4v) is 2.89. The van der Waals surface area contributed by atoms with Crippen molar-refractivity contribution in [3.8, 4) is 0 Å². The summed E-state index contributed by atoms with van der Waals surface area (Å²) in [5.41, 5.74) is 3.09. The van der Waals surface area contributed by atoms with Crippen LogP contribution in [0.25, 0.3) is 11.1 Å². The molecular formula is C12H10N4OS. The van der Waals surface area contributed by atoms with E-state index in [1.165, 1.54) is 5.56 Å². The van der Waals surface area contributed by atoms with E-state index in [1.54, 1.807) is 18.2 Å². The number of nitrogens with one attached hydrogen (secondary N) is 1. The summed E-state index contributed by atoms with van der Waals surface area (Å²) in [4.78, 5) is 5.31. The molecule has 1 aliphatic heterocycles. The van der Waals surface area contributed by atoms with Gasteiger partial charge in [-0.15, -0.1) is 0 Å². The highest BCUT2D eigenvalue weighted by Gasteiger charge is 2.15. The van der Waals surface area contributed by atoms with Crippen LogP contribution >= 0.6 is 11.9 Å². The Morgan fingerprint density at radius 2 is 2.39 bits per heavy atom. The van der Waals surface area contributed by atoms with Gasteiger partial charge in [0.05, 0.1) is 12.0 Å². The van der Waals surface area contributed by atoms with Crippen LogP contribution in [0.15, 0.2) is 40.1 Å². The molecule has 3 aromatic heterocycles. The second-order valence-corrected chi connectivity index (χ2v) is 5.21. The van der Waals surface area contributed by atoms with Crippen molar-refractivity contribution >= 4 is 23.0 Å². The first-order chi connectivity index (χ1) is 8.88. The van der Waals surface area contributed by atoms with Crippen molar-refractivity contribution in [2.45, 2.75) is 18.0 Å². The predicted octanol–water partition coefficient (Wildman–Crippen LogP) is 2.18. The lowest BCUT2D eigenvalue weighted by Gasteiger charge is -2.00. The molecule has 6 heteroatoms. The summed E-state index contributed by atoms with van der Waals surface area (Å²) < 4.78 is 7.12. The minimum absolute atomic E-state index is 0.673. The van der Waals surface area contributed by atoms with Gasteiger partial charge in [0.25, 0.3) is 0 Å². The average Bonchev–Trinajstić information content (AvgIpc) is 3.02. The fourth-order valence-electron chi connectivity index (χ4n) is 2.08. The number of hydrogen-bond acceptors (Lipinski definition) is 5. The summed E-state index contributed by atoms with van der Waals surface area (Å²) in [5.74, 6) is 0. The quantitative estimate of drug-likeness (QED) is 0.763. The van der Waals surface area contributed by atoms with E-state index in [2.05, 4.69) is 27.7 Å². The molecule has 4 heterocycles. The highest BCUT2D eigenvalue weighted by Crippen LogP contribution is 2.25. The van der Waals surface area contributed by atoms with Crippen LogP contribution < -0.4 is 5.32 Å². The molecular weight excluding hydrogens is 248 g/mol. The zero-order valence-electron chi connectivity index (χ0n) is 9.46. The molecule has 1 N–H and O–H groups in total. The summed E-state index contributed by atoms with van der Waals surface area (Å²) in [7, 11) is 0. The van der Waals surface area contributed by atoms with Crippen LogP contribution in [0.2, 0.25) is 0 Å². The van der Waals surface area contributed by atoms with Gasteiger partial charge in [0.2, 0.25) is 5.71 Å². The third-order valence-corrected chi connectivity index (χ3v) is 3.75. The van der Waals surface area contributed by atoms with Crippen molar-refractivity contribution in [2.24, 2.45) is 0 Å². The number of pyridine rings is 1. The first-order valence-electron chi connectivity index (χ1n) is 5.68. The largest absolute Gasteiger partial charge is 0.446 e. The Balaban J connectivity index is 1.66. The Labute approximate surface area is 107 Å². The van der Waals surface area contributed by atoms with Crippen LogP contribution in [0.3, 0.4) is 0 Å². The SMILES string of the molecule is c1cc2cc(Sn3cc4c(n3)CNC4)cnc2o1. The van der Waals surface area contributed by atoms with E-state index in [0.29, 0.717) is 5.71 Å². The molecule has 0 atom stereocenters. The predicted molar refractivity (Wildman–Crippen MR) is 68.0 cm³/mol. The number of furan rings is 1. The van der Waals surface area contributed by atoms with Crippen LogP contribution in [0, 0.1) is 0 Å². The van der Waals surface area contributed by atoms with E-state index in [-0.39, 0.29) is 0 Å². The van der Waals surface area contributed by atoms with Gasteiger partial charge >= 0.3 is 0 Å². The second-order valence-electron chi connectivity index (χ2n) is 4.18. The number of hydrogen-bond donors (Lipinski definition) is 1. The zero-order valence-corrected chi connectivity index (χ0v) is 10.3. The van der Waals surface area contributed by atoms with Gasteiger partial charge in [-0.2, -0.15) is 5.10 Å². The first kappa shape index (κ1) is 10.2. The highest BCUT2D eigenvalue weighted by atomic mass is 32.2. The number of fused-ring (bicyclic) bond motifs is 2. The van der Waals surface area contributed by atoms with E-state index in [0.717, 1.165) is 29.1 Å². The van der Waals surface area contributed by atoms with Crippen molar-refractivity contribution in [2.75, 3.05) is 0 Å². The van der Waals surface area contributed by atoms with Gasteiger partial charge < -0.3 is 9.73 Å². The van der Waals surface area contributed by atoms with Gasteiger partial charge in [0.15, 0.2) is 0 Å². The van der Waals surface area contributed by atoms with Crippen LogP contribution in [0.4, 0.5) is 0 Å². The standard InChI is InChI=1S/C12H10N4OS/c1-2-17-12-8(1)3-10(5-14-12)18-16-7-9-4-13-6-11(9)15-16/h1-3,5,7,13H,4,6H2. The third-order valence-electron chi connectivity index (χ3n) is 2.94. The topological polar surface area (TPSA) is 55.9 Å². The summed E-state index contributed by atoms with van der Waals surface area (Å²) in [6.45, 7) is 1.77. The molecule has 0 radical (unpaired) electrons. The molecule has 0 unspecified atom stereocenters. The Kier molecular flexibility index (Phi) is 2.18. The lowest BCUT2D eigenvalue weighted by molar-refractivity contribution is 0.602. The molecule has 0 aliphatic carbocycles. The van der Waals surface area contributed by atoms with Crippen molar-refractivity contribution in [1.82, 2.24) is 19.5 Å².